The minimum absolute atomic E-state index is 0.224. The maximum absolute atomic E-state index is 12.2. The number of thiol groups is 1. The van der Waals surface area contributed by atoms with Crippen molar-refractivity contribution in [3.63, 3.8) is 0 Å². The van der Waals surface area contributed by atoms with Crippen molar-refractivity contribution in [2.45, 2.75) is 13.0 Å². The van der Waals surface area contributed by atoms with Crippen LogP contribution in [0.4, 0.5) is 5.69 Å². The average molecular weight is 282 g/mol. The van der Waals surface area contributed by atoms with Gasteiger partial charge in [-0.15, -0.1) is 0 Å². The molecule has 0 spiro atoms. The Morgan fingerprint density at radius 3 is 2.68 bits per heavy atom. The predicted octanol–water partition coefficient (Wildman–Crippen LogP) is 1.09. The van der Waals surface area contributed by atoms with Gasteiger partial charge in [-0.25, -0.2) is 0 Å². The van der Waals surface area contributed by atoms with Crippen LogP contribution >= 0.6 is 12.6 Å². The Bertz CT molecular complexity index is 465. The number of nitrogens with zero attached hydrogens (tertiary/aromatic N) is 1. The largest absolute Gasteiger partial charge is 0.497 e. The van der Waals surface area contributed by atoms with Crippen LogP contribution in [-0.4, -0.2) is 37.8 Å². The van der Waals surface area contributed by atoms with Crippen LogP contribution in [0.15, 0.2) is 24.3 Å². The third kappa shape index (κ3) is 4.17. The number of benzene rings is 1. The molecule has 104 valence electrons. The smallest absolute Gasteiger partial charge is 0.250 e. The fraction of sp³-hybridized carbons (Fsp3) is 0.385. The summed E-state index contributed by atoms with van der Waals surface area (Å²) in [6.07, 6.45) is 0. The molecule has 1 rings (SSSR count). The first-order valence-electron chi connectivity index (χ1n) is 5.79. The highest BCUT2D eigenvalue weighted by Crippen LogP contribution is 2.20. The van der Waals surface area contributed by atoms with Crippen molar-refractivity contribution in [2.75, 3.05) is 24.8 Å². The second-order valence-corrected chi connectivity index (χ2v) is 4.40. The Labute approximate surface area is 118 Å². The predicted molar refractivity (Wildman–Crippen MR) is 77.9 cm³/mol. The van der Waals surface area contributed by atoms with Crippen LogP contribution in [-0.2, 0) is 9.59 Å². The maximum atomic E-state index is 12.2. The molecule has 2 amide bonds. The third-order valence-electron chi connectivity index (χ3n) is 2.63. The summed E-state index contributed by atoms with van der Waals surface area (Å²) < 4.78 is 5.11. The molecule has 0 radical (unpaired) electrons. The van der Waals surface area contributed by atoms with Gasteiger partial charge in [0, 0.05) is 31.5 Å². The van der Waals surface area contributed by atoms with Crippen molar-refractivity contribution in [3.05, 3.63) is 24.3 Å². The lowest BCUT2D eigenvalue weighted by molar-refractivity contribution is -0.125. The highest BCUT2D eigenvalue weighted by atomic mass is 32.1. The van der Waals surface area contributed by atoms with Crippen molar-refractivity contribution in [3.8, 4) is 5.75 Å². The maximum Gasteiger partial charge on any atom is 0.250 e. The molecule has 0 aliphatic heterocycles. The standard InChI is InChI=1S/C13H18N2O3S/c1-9(16)14-12(8-19)13(17)15(2)10-5-4-6-11(7-10)18-3/h4-7,12,19H,8H2,1-3H3,(H,14,16). The first-order chi connectivity index (χ1) is 8.99. The number of hydrogen-bond donors (Lipinski definition) is 2. The van der Waals surface area contributed by atoms with Crippen LogP contribution in [0.2, 0.25) is 0 Å². The summed E-state index contributed by atoms with van der Waals surface area (Å²) in [5.74, 6) is 0.427. The van der Waals surface area contributed by atoms with Crippen molar-refractivity contribution in [2.24, 2.45) is 0 Å². The number of methoxy groups -OCH3 is 1. The molecule has 6 heteroatoms. The Balaban J connectivity index is 2.87. The van der Waals surface area contributed by atoms with Gasteiger partial charge in [-0.2, -0.15) is 12.6 Å². The van der Waals surface area contributed by atoms with E-state index in [0.29, 0.717) is 11.4 Å². The fourth-order valence-corrected chi connectivity index (χ4v) is 1.86. The van der Waals surface area contributed by atoms with Gasteiger partial charge >= 0.3 is 0 Å². The van der Waals surface area contributed by atoms with Crippen molar-refractivity contribution in [1.82, 2.24) is 5.32 Å². The van der Waals surface area contributed by atoms with Crippen LogP contribution < -0.4 is 15.0 Å². The van der Waals surface area contributed by atoms with E-state index in [1.165, 1.54) is 11.8 Å². The molecule has 1 atom stereocenters. The van der Waals surface area contributed by atoms with Crippen LogP contribution in [0.5, 0.6) is 5.75 Å². The number of likely N-dealkylation sites (N-methyl/N-ethyl adjacent to an activating group) is 1. The lowest BCUT2D eigenvalue weighted by Gasteiger charge is -2.23. The van der Waals surface area contributed by atoms with Gasteiger partial charge < -0.3 is 15.0 Å². The van der Waals surface area contributed by atoms with Gasteiger partial charge in [0.15, 0.2) is 0 Å². The highest BCUT2D eigenvalue weighted by Gasteiger charge is 2.22. The zero-order valence-corrected chi connectivity index (χ0v) is 12.1. The Morgan fingerprint density at radius 2 is 2.16 bits per heavy atom. The van der Waals surface area contributed by atoms with Gasteiger partial charge in [0.05, 0.1) is 7.11 Å². The van der Waals surface area contributed by atoms with E-state index in [1.807, 2.05) is 0 Å². The van der Waals surface area contributed by atoms with Crippen LogP contribution in [0.1, 0.15) is 6.92 Å². The van der Waals surface area contributed by atoms with Crippen molar-refractivity contribution < 1.29 is 14.3 Å². The molecule has 0 aliphatic carbocycles. The molecule has 1 unspecified atom stereocenters. The molecule has 5 nitrogen and oxygen atoms in total. The summed E-state index contributed by atoms with van der Waals surface area (Å²) in [6.45, 7) is 1.37. The molecule has 1 aromatic rings. The summed E-state index contributed by atoms with van der Waals surface area (Å²) in [6, 6.07) is 6.50. The first kappa shape index (κ1) is 15.4. The van der Waals surface area contributed by atoms with Gasteiger partial charge in [0.1, 0.15) is 11.8 Å². The summed E-state index contributed by atoms with van der Waals surface area (Å²) >= 11 is 4.09. The first-order valence-corrected chi connectivity index (χ1v) is 6.42. The topological polar surface area (TPSA) is 58.6 Å². The lowest BCUT2D eigenvalue weighted by atomic mass is 10.2. The monoisotopic (exact) mass is 282 g/mol. The molecule has 1 aromatic carbocycles. The third-order valence-corrected chi connectivity index (χ3v) is 2.99. The molecule has 0 saturated heterocycles. The second kappa shape index (κ2) is 7.04. The minimum Gasteiger partial charge on any atom is -0.497 e. The molecule has 0 heterocycles. The zero-order chi connectivity index (χ0) is 14.4. The molecule has 0 saturated carbocycles. The minimum atomic E-state index is -0.642. The number of hydrogen-bond acceptors (Lipinski definition) is 4. The van der Waals surface area contributed by atoms with E-state index in [4.69, 9.17) is 4.74 Å². The Morgan fingerprint density at radius 1 is 1.47 bits per heavy atom. The van der Waals surface area contributed by atoms with Crippen molar-refractivity contribution in [1.29, 1.82) is 0 Å². The average Bonchev–Trinajstić information content (AvgIpc) is 2.43. The molecular weight excluding hydrogens is 264 g/mol. The summed E-state index contributed by atoms with van der Waals surface area (Å²) in [7, 11) is 3.21. The van der Waals surface area contributed by atoms with E-state index in [1.54, 1.807) is 38.4 Å². The number of anilines is 1. The van der Waals surface area contributed by atoms with E-state index in [0.717, 1.165) is 0 Å². The van der Waals surface area contributed by atoms with E-state index in [2.05, 4.69) is 17.9 Å². The van der Waals surface area contributed by atoms with Gasteiger partial charge in [-0.3, -0.25) is 9.59 Å². The van der Waals surface area contributed by atoms with Gasteiger partial charge in [-0.05, 0) is 12.1 Å². The molecular formula is C13H18N2O3S. The number of ether oxygens (including phenoxy) is 1. The van der Waals surface area contributed by atoms with Gasteiger partial charge in [-0.1, -0.05) is 6.07 Å². The van der Waals surface area contributed by atoms with E-state index < -0.39 is 6.04 Å². The normalized spacial score (nSPS) is 11.6. The van der Waals surface area contributed by atoms with Crippen molar-refractivity contribution >= 4 is 30.1 Å². The lowest BCUT2D eigenvalue weighted by Crippen LogP contribution is -2.48. The molecule has 0 fully saturated rings. The molecule has 0 aliphatic rings. The second-order valence-electron chi connectivity index (χ2n) is 4.03. The summed E-state index contributed by atoms with van der Waals surface area (Å²) in [5, 5.41) is 2.57. The van der Waals surface area contributed by atoms with E-state index in [-0.39, 0.29) is 17.6 Å². The number of nitrogens with one attached hydrogen (secondary N) is 1. The molecule has 19 heavy (non-hydrogen) atoms. The van der Waals surface area contributed by atoms with Crippen LogP contribution in [0, 0.1) is 0 Å². The number of carbonyl (C=O) groups excluding carboxylic acids is 2. The Hall–Kier alpha value is -1.69. The SMILES string of the molecule is COc1cccc(N(C)C(=O)C(CS)NC(C)=O)c1. The van der Waals surface area contributed by atoms with Crippen LogP contribution in [0.3, 0.4) is 0 Å². The van der Waals surface area contributed by atoms with Gasteiger partial charge in [0.25, 0.3) is 0 Å². The molecule has 1 N–H and O–H groups in total. The molecule has 0 bridgehead atoms. The van der Waals surface area contributed by atoms with Crippen LogP contribution in [0.25, 0.3) is 0 Å². The number of amides is 2. The summed E-state index contributed by atoms with van der Waals surface area (Å²) in [4.78, 5) is 24.7. The number of rotatable bonds is 5. The van der Waals surface area contributed by atoms with E-state index in [9.17, 15) is 9.59 Å². The quantitative estimate of drug-likeness (QED) is 0.795. The number of carbonyl (C=O) groups is 2. The van der Waals surface area contributed by atoms with Gasteiger partial charge in [0.2, 0.25) is 11.8 Å². The summed E-state index contributed by atoms with van der Waals surface area (Å²) in [5.41, 5.74) is 0.696. The van der Waals surface area contributed by atoms with E-state index >= 15 is 0 Å². The zero-order valence-electron chi connectivity index (χ0n) is 11.2. The fourth-order valence-electron chi connectivity index (χ4n) is 1.61. The Kier molecular flexibility index (Phi) is 5.69. The highest BCUT2D eigenvalue weighted by molar-refractivity contribution is 7.80. The molecule has 0 aromatic heterocycles.